The van der Waals surface area contributed by atoms with Crippen molar-refractivity contribution in [3.05, 3.63) is 12.4 Å². The average Bonchev–Trinajstić information content (AvgIpc) is 2.65. The third-order valence-corrected chi connectivity index (χ3v) is 2.40. The smallest absolute Gasteiger partial charge is 0.325 e. The van der Waals surface area contributed by atoms with Crippen LogP contribution in [0.1, 0.15) is 0 Å². The van der Waals surface area contributed by atoms with E-state index in [4.69, 9.17) is 4.74 Å². The fourth-order valence-corrected chi connectivity index (χ4v) is 1.59. The van der Waals surface area contributed by atoms with Crippen molar-refractivity contribution in [2.75, 3.05) is 40.0 Å². The summed E-state index contributed by atoms with van der Waals surface area (Å²) in [6, 6.07) is 0.0777. The molecular weight excluding hydrogens is 182 g/mol. The van der Waals surface area contributed by atoms with Crippen LogP contribution in [0.15, 0.2) is 12.4 Å². The van der Waals surface area contributed by atoms with Crippen LogP contribution in [-0.4, -0.2) is 60.8 Å². The van der Waals surface area contributed by atoms with Crippen LogP contribution >= 0.6 is 0 Å². The minimum Gasteiger partial charge on any atom is -0.378 e. The number of amides is 2. The third-order valence-electron chi connectivity index (χ3n) is 2.40. The Morgan fingerprint density at radius 2 is 2.00 bits per heavy atom. The second-order valence-electron chi connectivity index (χ2n) is 3.55. The highest BCUT2D eigenvalue weighted by molar-refractivity contribution is 5.75. The molecule has 0 saturated carbocycles. The number of carbonyl (C=O) groups is 1. The quantitative estimate of drug-likeness (QED) is 0.553. The number of urea groups is 1. The van der Waals surface area contributed by atoms with E-state index in [1.54, 1.807) is 4.90 Å². The average molecular weight is 197 g/mol. The number of nitrogens with zero attached hydrogens (tertiary/aromatic N) is 3. The summed E-state index contributed by atoms with van der Waals surface area (Å²) in [5, 5.41) is 0. The fourth-order valence-electron chi connectivity index (χ4n) is 1.59. The summed E-state index contributed by atoms with van der Waals surface area (Å²) >= 11 is 0. The van der Waals surface area contributed by atoms with Crippen molar-refractivity contribution < 1.29 is 9.53 Å². The van der Waals surface area contributed by atoms with Crippen molar-refractivity contribution in [1.29, 1.82) is 0 Å². The van der Waals surface area contributed by atoms with Crippen LogP contribution in [0, 0.1) is 0 Å². The van der Waals surface area contributed by atoms with Gasteiger partial charge in [0.25, 0.3) is 0 Å². The van der Waals surface area contributed by atoms with Crippen LogP contribution in [-0.2, 0) is 4.74 Å². The van der Waals surface area contributed by atoms with Crippen LogP contribution in [0.2, 0.25) is 0 Å². The molecule has 0 N–H and O–H groups in total. The molecule has 5 nitrogen and oxygen atoms in total. The molecule has 2 rings (SSSR count). The first-order valence-corrected chi connectivity index (χ1v) is 4.79. The van der Waals surface area contributed by atoms with E-state index in [1.807, 2.05) is 29.2 Å². The molecule has 1 fully saturated rings. The molecule has 2 aliphatic heterocycles. The first-order valence-electron chi connectivity index (χ1n) is 4.79. The van der Waals surface area contributed by atoms with E-state index in [-0.39, 0.29) is 6.03 Å². The highest BCUT2D eigenvalue weighted by atomic mass is 16.5. The summed E-state index contributed by atoms with van der Waals surface area (Å²) in [6.07, 6.45) is 3.72. The Morgan fingerprint density at radius 1 is 1.29 bits per heavy atom. The summed E-state index contributed by atoms with van der Waals surface area (Å²) in [7, 11) is 1.95. The Kier molecular flexibility index (Phi) is 2.58. The van der Waals surface area contributed by atoms with Crippen LogP contribution in [0.5, 0.6) is 0 Å². The van der Waals surface area contributed by atoms with Crippen molar-refractivity contribution >= 4 is 6.03 Å². The predicted molar refractivity (Wildman–Crippen MR) is 51.4 cm³/mol. The van der Waals surface area contributed by atoms with E-state index in [0.717, 1.165) is 0 Å². The van der Waals surface area contributed by atoms with E-state index >= 15 is 0 Å². The molecule has 0 aromatic rings. The summed E-state index contributed by atoms with van der Waals surface area (Å²) < 4.78 is 5.19. The number of hydrogen-bond donors (Lipinski definition) is 0. The molecule has 2 heterocycles. The van der Waals surface area contributed by atoms with Gasteiger partial charge in [0.2, 0.25) is 0 Å². The van der Waals surface area contributed by atoms with Crippen molar-refractivity contribution in [2.45, 2.75) is 0 Å². The van der Waals surface area contributed by atoms with Crippen molar-refractivity contribution in [2.24, 2.45) is 0 Å². The van der Waals surface area contributed by atoms with E-state index in [9.17, 15) is 4.79 Å². The lowest BCUT2D eigenvalue weighted by Gasteiger charge is -2.30. The summed E-state index contributed by atoms with van der Waals surface area (Å²) in [4.78, 5) is 17.4. The Morgan fingerprint density at radius 3 is 2.57 bits per heavy atom. The van der Waals surface area contributed by atoms with Crippen LogP contribution < -0.4 is 0 Å². The zero-order valence-electron chi connectivity index (χ0n) is 8.35. The maximum atomic E-state index is 11.9. The van der Waals surface area contributed by atoms with Gasteiger partial charge in [-0.2, -0.15) is 0 Å². The molecule has 1 saturated heterocycles. The minimum absolute atomic E-state index is 0.0777. The van der Waals surface area contributed by atoms with Crippen LogP contribution in [0.4, 0.5) is 4.79 Å². The van der Waals surface area contributed by atoms with Gasteiger partial charge in [-0.3, -0.25) is 4.90 Å². The molecule has 2 amide bonds. The highest BCUT2D eigenvalue weighted by Crippen LogP contribution is 2.09. The Bertz CT molecular complexity index is 248. The molecule has 0 radical (unpaired) electrons. The van der Waals surface area contributed by atoms with E-state index in [1.165, 1.54) is 0 Å². The lowest BCUT2D eigenvalue weighted by atomic mass is 10.4. The van der Waals surface area contributed by atoms with Gasteiger partial charge >= 0.3 is 6.03 Å². The lowest BCUT2D eigenvalue weighted by molar-refractivity contribution is 0.0458. The van der Waals surface area contributed by atoms with Crippen LogP contribution in [0.3, 0.4) is 0 Å². The molecule has 0 unspecified atom stereocenters. The number of carbonyl (C=O) groups excluding carboxylic acids is 1. The standard InChI is InChI=1S/C9H15N3O2/c1-10-2-3-12(8-10)9(13)11-4-6-14-7-5-11/h2-3H,4-8H2,1H3. The monoisotopic (exact) mass is 197 g/mol. The molecule has 0 spiro atoms. The van der Waals surface area contributed by atoms with Gasteiger partial charge in [0, 0.05) is 32.5 Å². The van der Waals surface area contributed by atoms with Gasteiger partial charge in [0.05, 0.1) is 19.9 Å². The SMILES string of the molecule is CN1C=CN(C(=O)N2CCOCC2)C1. The summed E-state index contributed by atoms with van der Waals surface area (Å²) in [5.41, 5.74) is 0. The van der Waals surface area contributed by atoms with Gasteiger partial charge in [0.1, 0.15) is 0 Å². The zero-order chi connectivity index (χ0) is 9.97. The minimum atomic E-state index is 0.0777. The second kappa shape index (κ2) is 3.88. The fraction of sp³-hybridized carbons (Fsp3) is 0.667. The van der Waals surface area contributed by atoms with Gasteiger partial charge in [-0.15, -0.1) is 0 Å². The number of hydrogen-bond acceptors (Lipinski definition) is 3. The molecule has 5 heteroatoms. The molecule has 0 aromatic carbocycles. The van der Waals surface area contributed by atoms with Crippen molar-refractivity contribution in [3.63, 3.8) is 0 Å². The molecule has 0 aliphatic carbocycles. The van der Waals surface area contributed by atoms with Gasteiger partial charge in [-0.25, -0.2) is 4.79 Å². The molecule has 0 atom stereocenters. The van der Waals surface area contributed by atoms with Crippen LogP contribution in [0.25, 0.3) is 0 Å². The molecule has 0 aromatic heterocycles. The van der Waals surface area contributed by atoms with Crippen molar-refractivity contribution in [1.82, 2.24) is 14.7 Å². The predicted octanol–water partition coefficient (Wildman–Crippen LogP) is 0.115. The zero-order valence-corrected chi connectivity index (χ0v) is 8.35. The lowest BCUT2D eigenvalue weighted by Crippen LogP contribution is -2.46. The number of morpholine rings is 1. The van der Waals surface area contributed by atoms with Gasteiger partial charge in [-0.1, -0.05) is 0 Å². The number of ether oxygens (including phenoxy) is 1. The summed E-state index contributed by atoms with van der Waals surface area (Å²) in [6.45, 7) is 3.36. The van der Waals surface area contributed by atoms with E-state index in [0.29, 0.717) is 33.0 Å². The van der Waals surface area contributed by atoms with Gasteiger partial charge < -0.3 is 14.5 Å². The normalized spacial score (nSPS) is 21.9. The second-order valence-corrected chi connectivity index (χ2v) is 3.55. The molecule has 0 bridgehead atoms. The molecule has 2 aliphatic rings. The van der Waals surface area contributed by atoms with E-state index in [2.05, 4.69) is 0 Å². The number of rotatable bonds is 0. The maximum absolute atomic E-state index is 11.9. The first kappa shape index (κ1) is 9.33. The highest BCUT2D eigenvalue weighted by Gasteiger charge is 2.23. The van der Waals surface area contributed by atoms with Gasteiger partial charge in [-0.05, 0) is 0 Å². The maximum Gasteiger partial charge on any atom is 0.325 e. The Hall–Kier alpha value is -1.23. The third kappa shape index (κ3) is 1.82. The summed E-state index contributed by atoms with van der Waals surface area (Å²) in [5.74, 6) is 0. The van der Waals surface area contributed by atoms with Crippen molar-refractivity contribution in [3.8, 4) is 0 Å². The van der Waals surface area contributed by atoms with E-state index < -0.39 is 0 Å². The molecular formula is C9H15N3O2. The molecule has 78 valence electrons. The molecule has 14 heavy (non-hydrogen) atoms. The first-order chi connectivity index (χ1) is 6.77. The van der Waals surface area contributed by atoms with Gasteiger partial charge in [0.15, 0.2) is 0 Å². The topological polar surface area (TPSA) is 36.0 Å². The largest absolute Gasteiger partial charge is 0.378 e. The Labute approximate surface area is 83.5 Å². The Balaban J connectivity index is 1.91.